The molecule has 18 heteroatoms. The van der Waals surface area contributed by atoms with E-state index in [1.807, 2.05) is 59.7 Å². The van der Waals surface area contributed by atoms with E-state index >= 15 is 14.4 Å². The first-order valence-electron chi connectivity index (χ1n) is 24.7. The first kappa shape index (κ1) is 51.3. The van der Waals surface area contributed by atoms with Gasteiger partial charge in [-0.05, 0) is 150 Å². The number of carbonyl (C=O) groups excluding carboxylic acids is 3. The second-order valence-corrected chi connectivity index (χ2v) is 25.2. The first-order valence-corrected chi connectivity index (χ1v) is 24.7. The largest absolute Gasteiger partial charge is 0.342 e. The van der Waals surface area contributed by atoms with E-state index in [4.69, 9.17) is 0 Å². The minimum Gasteiger partial charge on any atom is -0.333 e. The second kappa shape index (κ2) is 18.0. The van der Waals surface area contributed by atoms with E-state index in [1.165, 1.54) is 27.7 Å². The number of amides is 3. The van der Waals surface area contributed by atoms with Crippen LogP contribution in [0.4, 0.5) is 14.4 Å². The normalized spacial score (nSPS) is 27.4. The van der Waals surface area contributed by atoms with Crippen molar-refractivity contribution in [3.8, 4) is 0 Å². The van der Waals surface area contributed by atoms with Crippen molar-refractivity contribution in [3.05, 3.63) is 83.8 Å². The molecule has 3 fully saturated rings. The van der Waals surface area contributed by atoms with E-state index in [2.05, 4.69) is 93.6 Å². The number of hydrogen-bond donors (Lipinski definition) is 3. The fourth-order valence-electron chi connectivity index (χ4n) is 14.0. The van der Waals surface area contributed by atoms with E-state index in [0.717, 1.165) is 34.2 Å². The smallest absolute Gasteiger partial charge is 0.333 e. The van der Waals surface area contributed by atoms with E-state index in [9.17, 15) is 14.4 Å². The van der Waals surface area contributed by atoms with Crippen molar-refractivity contribution < 1.29 is 14.4 Å². The van der Waals surface area contributed by atoms with Gasteiger partial charge in [0.05, 0.1) is 17.1 Å². The average molecular weight is 955 g/mol. The third-order valence-electron chi connectivity index (χ3n) is 14.9. The Hall–Kier alpha value is -5.55. The monoisotopic (exact) mass is 955 g/mol. The van der Waals surface area contributed by atoms with Crippen LogP contribution in [0, 0.1) is 74.0 Å². The Morgan fingerprint density at radius 2 is 0.681 bits per heavy atom. The van der Waals surface area contributed by atoms with Gasteiger partial charge >= 0.3 is 35.2 Å². The van der Waals surface area contributed by atoms with Gasteiger partial charge in [0.1, 0.15) is 0 Å². The fraction of sp³-hybridized carbons (Fsp3) is 0.706. The molecule has 4 heterocycles. The van der Waals surface area contributed by atoms with E-state index in [-0.39, 0.29) is 72.1 Å². The molecule has 0 aliphatic heterocycles. The summed E-state index contributed by atoms with van der Waals surface area (Å²) in [5, 5.41) is 22.8. The van der Waals surface area contributed by atoms with Crippen LogP contribution in [0.5, 0.6) is 0 Å². The van der Waals surface area contributed by atoms with Crippen molar-refractivity contribution in [2.75, 3.05) is 0 Å². The van der Waals surface area contributed by atoms with Gasteiger partial charge in [-0.2, -0.15) is 29.3 Å². The maximum atomic E-state index is 15.2. The summed E-state index contributed by atoms with van der Waals surface area (Å²) in [7, 11) is 0. The van der Waals surface area contributed by atoms with Crippen molar-refractivity contribution in [2.24, 2.45) is 32.5 Å². The van der Waals surface area contributed by atoms with Crippen LogP contribution >= 0.6 is 0 Å². The minimum atomic E-state index is -0.675. The molecule has 3 amide bonds. The van der Waals surface area contributed by atoms with Crippen LogP contribution in [-0.4, -0.2) is 79.3 Å². The second-order valence-electron chi connectivity index (χ2n) is 25.2. The molecule has 6 unspecified atom stereocenters. The van der Waals surface area contributed by atoms with E-state index in [0.29, 0.717) is 57.8 Å². The zero-order valence-electron chi connectivity index (χ0n) is 43.9. The quantitative estimate of drug-likeness (QED) is 0.156. The summed E-state index contributed by atoms with van der Waals surface area (Å²) in [6.45, 7) is 30.1. The molecule has 4 aromatic rings. The Morgan fingerprint density at radius 3 is 0.884 bits per heavy atom. The predicted octanol–water partition coefficient (Wildman–Crippen LogP) is 7.14. The highest BCUT2D eigenvalue weighted by Crippen LogP contribution is 2.49. The van der Waals surface area contributed by atoms with Crippen molar-refractivity contribution in [1.82, 2.24) is 59.0 Å². The van der Waals surface area contributed by atoms with Crippen molar-refractivity contribution in [3.63, 3.8) is 0 Å². The zero-order chi connectivity index (χ0) is 51.0. The Balaban J connectivity index is 1.26. The summed E-state index contributed by atoms with van der Waals surface area (Å²) < 4.78 is 7.92. The number of nitrogens with zero attached hydrogens (tertiary/aromatic N) is 9. The number of aryl methyl sites for hydroxylation is 6. The highest BCUT2D eigenvalue weighted by molar-refractivity contribution is 5.78. The van der Waals surface area contributed by atoms with Crippen LogP contribution in [0.15, 0.2) is 32.6 Å². The molecular weight excluding hydrogens is 877 g/mol. The maximum absolute atomic E-state index is 15.2. The van der Waals surface area contributed by atoms with Gasteiger partial charge in [-0.15, -0.1) is 0 Å². The topological polar surface area (TPSA) is 207 Å². The number of carbonyl (C=O) groups is 3. The first-order chi connectivity index (χ1) is 31.8. The standard InChI is InChI=1S/C51H78N12O6/c1-31-16-34(4)61(55-31)40(64)52-37-19-46(7,8)25-49(13,22-37)28-58-43(67)59(29-50(14)23-38(20-47(9,10)26-50)53-41(65)62-35(5)17-32(2)56-62)45(69)60(44(58)68)30-51(15)24-39(21-48(11,12)27-51)54-42(66)63-36(6)18-33(3)57-63/h16-18,37-39H,19-30H2,1-15H3,(H,52,64)(H,53,65)(H,54,66). The fourth-order valence-corrected chi connectivity index (χ4v) is 14.0. The number of nitrogens with one attached hydrogen (secondary N) is 3. The van der Waals surface area contributed by atoms with Crippen LogP contribution in [0.2, 0.25) is 0 Å². The Kier molecular flexibility index (Phi) is 13.4. The molecule has 0 spiro atoms. The van der Waals surface area contributed by atoms with Gasteiger partial charge in [0.15, 0.2) is 0 Å². The van der Waals surface area contributed by atoms with Crippen LogP contribution < -0.4 is 33.0 Å². The SMILES string of the molecule is Cc1cc(C)n(C(=O)NC2CC(C)(C)CC(C)(Cn3c(=O)n(CC4(C)CC(NC(=O)n5nc(C)cc5C)CC(C)(C)C4)c(=O)n(CC4(C)CC(NC(=O)n5nc(C)cc5C)CC(C)(C)C4)c3=O)C2)n1. The van der Waals surface area contributed by atoms with Crippen molar-refractivity contribution in [2.45, 2.75) is 199 Å². The summed E-state index contributed by atoms with van der Waals surface area (Å²) in [4.78, 5) is 86.4. The number of rotatable bonds is 9. The lowest BCUT2D eigenvalue weighted by atomic mass is 9.62. The summed E-state index contributed by atoms with van der Waals surface area (Å²) in [6, 6.07) is 3.70. The summed E-state index contributed by atoms with van der Waals surface area (Å²) in [6.07, 6.45) is 5.47. The molecule has 3 aliphatic rings. The number of aromatic nitrogens is 9. The molecule has 0 saturated heterocycles. The average Bonchev–Trinajstić information content (AvgIpc) is 3.83. The van der Waals surface area contributed by atoms with Crippen molar-refractivity contribution >= 4 is 18.1 Å². The van der Waals surface area contributed by atoms with Gasteiger partial charge in [-0.25, -0.2) is 42.5 Å². The molecular formula is C51H78N12O6. The molecule has 0 radical (unpaired) electrons. The van der Waals surface area contributed by atoms with Gasteiger partial charge in [0.2, 0.25) is 0 Å². The molecule has 6 atom stereocenters. The summed E-state index contributed by atoms with van der Waals surface area (Å²) in [5.74, 6) is 0. The predicted molar refractivity (Wildman–Crippen MR) is 265 cm³/mol. The third-order valence-corrected chi connectivity index (χ3v) is 14.9. The molecule has 0 aromatic carbocycles. The molecule has 4 aromatic heterocycles. The highest BCUT2D eigenvalue weighted by atomic mass is 16.2. The van der Waals surface area contributed by atoms with Crippen LogP contribution in [0.1, 0.15) is 154 Å². The van der Waals surface area contributed by atoms with Crippen LogP contribution in [0.3, 0.4) is 0 Å². The van der Waals surface area contributed by atoms with Gasteiger partial charge in [-0.1, -0.05) is 62.3 Å². The third kappa shape index (κ3) is 11.4. The lowest BCUT2D eigenvalue weighted by molar-refractivity contribution is 0.0442. The lowest BCUT2D eigenvalue weighted by Crippen LogP contribution is -2.60. The van der Waals surface area contributed by atoms with Crippen molar-refractivity contribution in [1.29, 1.82) is 0 Å². The van der Waals surface area contributed by atoms with Crippen LogP contribution in [0.25, 0.3) is 0 Å². The zero-order valence-corrected chi connectivity index (χ0v) is 43.9. The molecule has 69 heavy (non-hydrogen) atoms. The van der Waals surface area contributed by atoms with Gasteiger partial charge < -0.3 is 16.0 Å². The molecule has 18 nitrogen and oxygen atoms in total. The Bertz CT molecular complexity index is 2500. The summed E-state index contributed by atoms with van der Waals surface area (Å²) in [5.41, 5.74) is -0.456. The highest BCUT2D eigenvalue weighted by Gasteiger charge is 2.47. The molecule has 7 rings (SSSR count). The van der Waals surface area contributed by atoms with Gasteiger partial charge in [0.25, 0.3) is 0 Å². The van der Waals surface area contributed by atoms with E-state index < -0.39 is 33.3 Å². The molecule has 0 bridgehead atoms. The Labute approximate surface area is 406 Å². The molecule has 3 aliphatic carbocycles. The van der Waals surface area contributed by atoms with E-state index in [1.54, 1.807) is 0 Å². The molecule has 3 saturated carbocycles. The van der Waals surface area contributed by atoms with Crippen LogP contribution in [-0.2, 0) is 19.6 Å². The molecule has 3 N–H and O–H groups in total. The summed E-state index contributed by atoms with van der Waals surface area (Å²) >= 11 is 0. The van der Waals surface area contributed by atoms with Gasteiger partial charge in [0, 0.05) is 54.8 Å². The van der Waals surface area contributed by atoms with Gasteiger partial charge in [-0.3, -0.25) is 0 Å². The Morgan fingerprint density at radius 1 is 0.449 bits per heavy atom. The minimum absolute atomic E-state index is 0.0215. The number of hydrogen-bond acceptors (Lipinski definition) is 9. The lowest BCUT2D eigenvalue weighted by Gasteiger charge is -2.48. The molecule has 378 valence electrons. The maximum Gasteiger partial charge on any atom is 0.342 e.